The maximum atomic E-state index is 12.5. The highest BCUT2D eigenvalue weighted by molar-refractivity contribution is 5.95. The van der Waals surface area contributed by atoms with Crippen molar-refractivity contribution >= 4 is 5.91 Å². The number of methoxy groups -OCH3 is 2. The van der Waals surface area contributed by atoms with Crippen molar-refractivity contribution in [2.45, 2.75) is 19.3 Å². The van der Waals surface area contributed by atoms with Crippen LogP contribution in [0.15, 0.2) is 18.2 Å². The third kappa shape index (κ3) is 3.67. The fraction of sp³-hybridized carbons (Fsp3) is 0.562. The Hall–Kier alpha value is -1.75. The van der Waals surface area contributed by atoms with Gasteiger partial charge in [0.1, 0.15) is 0 Å². The van der Waals surface area contributed by atoms with E-state index in [2.05, 4.69) is 0 Å². The third-order valence-corrected chi connectivity index (χ3v) is 4.11. The lowest BCUT2D eigenvalue weighted by Gasteiger charge is -2.32. The number of ether oxygens (including phenoxy) is 2. The molecule has 0 aliphatic carbocycles. The number of amides is 1. The van der Waals surface area contributed by atoms with Crippen molar-refractivity contribution in [3.63, 3.8) is 0 Å². The Morgan fingerprint density at radius 3 is 2.48 bits per heavy atom. The van der Waals surface area contributed by atoms with Crippen LogP contribution in [0.2, 0.25) is 0 Å². The van der Waals surface area contributed by atoms with Gasteiger partial charge in [-0.05, 0) is 49.9 Å². The molecule has 1 aromatic rings. The van der Waals surface area contributed by atoms with Gasteiger partial charge in [0.05, 0.1) is 14.2 Å². The molecule has 1 saturated heterocycles. The summed E-state index contributed by atoms with van der Waals surface area (Å²) in [5, 5.41) is 0. The Bertz CT molecular complexity index is 482. The van der Waals surface area contributed by atoms with Gasteiger partial charge < -0.3 is 20.1 Å². The van der Waals surface area contributed by atoms with Crippen molar-refractivity contribution in [3.05, 3.63) is 23.8 Å². The van der Waals surface area contributed by atoms with E-state index < -0.39 is 0 Å². The van der Waals surface area contributed by atoms with Crippen LogP contribution >= 0.6 is 0 Å². The van der Waals surface area contributed by atoms with E-state index in [1.807, 2.05) is 4.90 Å². The van der Waals surface area contributed by atoms with Crippen LogP contribution in [0.3, 0.4) is 0 Å². The first-order valence-corrected chi connectivity index (χ1v) is 7.41. The van der Waals surface area contributed by atoms with Gasteiger partial charge in [0.15, 0.2) is 11.5 Å². The molecule has 1 heterocycles. The molecule has 1 fully saturated rings. The van der Waals surface area contributed by atoms with Crippen molar-refractivity contribution in [3.8, 4) is 11.5 Å². The van der Waals surface area contributed by atoms with Crippen molar-refractivity contribution in [1.82, 2.24) is 4.90 Å². The molecule has 0 atom stereocenters. The summed E-state index contributed by atoms with van der Waals surface area (Å²) in [5.41, 5.74) is 6.24. The summed E-state index contributed by atoms with van der Waals surface area (Å²) >= 11 is 0. The van der Waals surface area contributed by atoms with E-state index in [1.165, 1.54) is 0 Å². The van der Waals surface area contributed by atoms with Gasteiger partial charge in [-0.15, -0.1) is 0 Å². The fourth-order valence-electron chi connectivity index (χ4n) is 2.81. The molecule has 5 heteroatoms. The van der Waals surface area contributed by atoms with E-state index in [9.17, 15) is 4.79 Å². The monoisotopic (exact) mass is 292 g/mol. The summed E-state index contributed by atoms with van der Waals surface area (Å²) in [6, 6.07) is 5.30. The molecule has 116 valence electrons. The summed E-state index contributed by atoms with van der Waals surface area (Å²) in [6.45, 7) is 2.34. The third-order valence-electron chi connectivity index (χ3n) is 4.11. The zero-order valence-corrected chi connectivity index (χ0v) is 12.8. The van der Waals surface area contributed by atoms with Crippen LogP contribution in [-0.4, -0.2) is 44.7 Å². The molecule has 1 aromatic carbocycles. The predicted molar refractivity (Wildman–Crippen MR) is 81.8 cm³/mol. The summed E-state index contributed by atoms with van der Waals surface area (Å²) in [4.78, 5) is 14.4. The molecule has 0 saturated carbocycles. The second kappa shape index (κ2) is 7.31. The first-order valence-electron chi connectivity index (χ1n) is 7.41. The number of carbonyl (C=O) groups excluding carboxylic acids is 1. The molecule has 0 bridgehead atoms. The van der Waals surface area contributed by atoms with E-state index in [1.54, 1.807) is 32.4 Å². The quantitative estimate of drug-likeness (QED) is 0.900. The predicted octanol–water partition coefficient (Wildman–Crippen LogP) is 1.90. The van der Waals surface area contributed by atoms with E-state index >= 15 is 0 Å². The first-order chi connectivity index (χ1) is 10.2. The van der Waals surface area contributed by atoms with Crippen LogP contribution in [-0.2, 0) is 0 Å². The number of likely N-dealkylation sites (tertiary alicyclic amines) is 1. The van der Waals surface area contributed by atoms with Gasteiger partial charge in [-0.3, -0.25) is 4.79 Å². The van der Waals surface area contributed by atoms with Crippen LogP contribution in [0.1, 0.15) is 29.6 Å². The van der Waals surface area contributed by atoms with Gasteiger partial charge in [0, 0.05) is 18.7 Å². The van der Waals surface area contributed by atoms with Crippen molar-refractivity contribution < 1.29 is 14.3 Å². The summed E-state index contributed by atoms with van der Waals surface area (Å²) < 4.78 is 10.4. The number of piperidine rings is 1. The Morgan fingerprint density at radius 1 is 1.24 bits per heavy atom. The lowest BCUT2D eigenvalue weighted by Crippen LogP contribution is -2.38. The molecule has 1 aliphatic heterocycles. The first kappa shape index (κ1) is 15.6. The Balaban J connectivity index is 2.04. The average Bonchev–Trinajstić information content (AvgIpc) is 2.54. The number of nitrogens with zero attached hydrogens (tertiary/aromatic N) is 1. The Labute approximate surface area is 126 Å². The highest BCUT2D eigenvalue weighted by Gasteiger charge is 2.23. The molecule has 0 aromatic heterocycles. The largest absolute Gasteiger partial charge is 0.493 e. The molecule has 0 spiro atoms. The molecule has 2 N–H and O–H groups in total. The average molecular weight is 292 g/mol. The van der Waals surface area contributed by atoms with Gasteiger partial charge in [0.25, 0.3) is 5.91 Å². The standard InChI is InChI=1S/C16H24N2O3/c1-20-14-4-3-13(11-15(14)21-2)16(19)18-9-6-12(5-8-17)7-10-18/h3-4,11-12H,5-10,17H2,1-2H3. The van der Waals surface area contributed by atoms with E-state index in [4.69, 9.17) is 15.2 Å². The van der Waals surface area contributed by atoms with E-state index in [0.717, 1.165) is 38.9 Å². The smallest absolute Gasteiger partial charge is 0.253 e. The molecular weight excluding hydrogens is 268 g/mol. The van der Waals surface area contributed by atoms with E-state index in [-0.39, 0.29) is 5.91 Å². The number of hydrogen-bond acceptors (Lipinski definition) is 4. The van der Waals surface area contributed by atoms with Crippen LogP contribution in [0.5, 0.6) is 11.5 Å². The van der Waals surface area contributed by atoms with Gasteiger partial charge in [-0.1, -0.05) is 0 Å². The highest BCUT2D eigenvalue weighted by atomic mass is 16.5. The minimum atomic E-state index is 0.0575. The maximum absolute atomic E-state index is 12.5. The summed E-state index contributed by atoms with van der Waals surface area (Å²) in [6.07, 6.45) is 3.13. The topological polar surface area (TPSA) is 64.8 Å². The number of benzene rings is 1. The zero-order valence-electron chi connectivity index (χ0n) is 12.8. The Morgan fingerprint density at radius 2 is 1.90 bits per heavy atom. The van der Waals surface area contributed by atoms with Crippen LogP contribution in [0, 0.1) is 5.92 Å². The fourth-order valence-corrected chi connectivity index (χ4v) is 2.81. The molecule has 0 unspecified atom stereocenters. The van der Waals surface area contributed by atoms with Crippen molar-refractivity contribution in [2.24, 2.45) is 11.7 Å². The lowest BCUT2D eigenvalue weighted by molar-refractivity contribution is 0.0687. The van der Waals surface area contributed by atoms with Crippen molar-refractivity contribution in [2.75, 3.05) is 33.9 Å². The molecule has 0 radical (unpaired) electrons. The minimum absolute atomic E-state index is 0.0575. The van der Waals surface area contributed by atoms with Gasteiger partial charge in [-0.25, -0.2) is 0 Å². The molecular formula is C16H24N2O3. The van der Waals surface area contributed by atoms with Crippen LogP contribution in [0.4, 0.5) is 0 Å². The Kier molecular flexibility index (Phi) is 5.44. The lowest BCUT2D eigenvalue weighted by atomic mass is 9.93. The molecule has 2 rings (SSSR count). The number of rotatable bonds is 5. The number of hydrogen-bond donors (Lipinski definition) is 1. The SMILES string of the molecule is COc1ccc(C(=O)N2CCC(CCN)CC2)cc1OC. The molecule has 1 aliphatic rings. The number of carbonyl (C=O) groups is 1. The zero-order chi connectivity index (χ0) is 15.2. The minimum Gasteiger partial charge on any atom is -0.493 e. The second-order valence-electron chi connectivity index (χ2n) is 5.38. The maximum Gasteiger partial charge on any atom is 0.253 e. The molecule has 5 nitrogen and oxygen atoms in total. The normalized spacial score (nSPS) is 15.9. The van der Waals surface area contributed by atoms with Gasteiger partial charge in [0.2, 0.25) is 0 Å². The van der Waals surface area contributed by atoms with Gasteiger partial charge in [-0.2, -0.15) is 0 Å². The highest BCUT2D eigenvalue weighted by Crippen LogP contribution is 2.29. The van der Waals surface area contributed by atoms with E-state index in [0.29, 0.717) is 23.0 Å². The second-order valence-corrected chi connectivity index (χ2v) is 5.38. The number of nitrogens with two attached hydrogens (primary N) is 1. The molecule has 1 amide bonds. The van der Waals surface area contributed by atoms with Crippen LogP contribution < -0.4 is 15.2 Å². The summed E-state index contributed by atoms with van der Waals surface area (Å²) in [5.74, 6) is 1.93. The van der Waals surface area contributed by atoms with Crippen molar-refractivity contribution in [1.29, 1.82) is 0 Å². The summed E-state index contributed by atoms with van der Waals surface area (Å²) in [7, 11) is 3.16. The molecule has 21 heavy (non-hydrogen) atoms. The van der Waals surface area contributed by atoms with Crippen LogP contribution in [0.25, 0.3) is 0 Å². The van der Waals surface area contributed by atoms with Gasteiger partial charge >= 0.3 is 0 Å².